The fourth-order valence-electron chi connectivity index (χ4n) is 2.21. The summed E-state index contributed by atoms with van der Waals surface area (Å²) >= 11 is 0. The van der Waals surface area contributed by atoms with Crippen LogP contribution in [0.25, 0.3) is 0 Å². The summed E-state index contributed by atoms with van der Waals surface area (Å²) in [5.74, 6) is 1.42. The van der Waals surface area contributed by atoms with Crippen molar-refractivity contribution in [3.8, 4) is 11.6 Å². The molecule has 0 aromatic carbocycles. The van der Waals surface area contributed by atoms with Gasteiger partial charge >= 0.3 is 0 Å². The Balaban J connectivity index is 2.86. The Morgan fingerprint density at radius 1 is 1.23 bits per heavy atom. The molecule has 26 heavy (non-hydrogen) atoms. The van der Waals surface area contributed by atoms with Crippen molar-refractivity contribution in [2.45, 2.75) is 58.2 Å². The third kappa shape index (κ3) is 7.60. The van der Waals surface area contributed by atoms with Crippen molar-refractivity contribution in [2.75, 3.05) is 27.4 Å². The van der Waals surface area contributed by atoms with Gasteiger partial charge in [-0.25, -0.2) is 13.9 Å². The van der Waals surface area contributed by atoms with Gasteiger partial charge in [0.15, 0.2) is 5.75 Å². The summed E-state index contributed by atoms with van der Waals surface area (Å²) < 4.78 is 31.6. The van der Waals surface area contributed by atoms with Crippen LogP contribution in [0.5, 0.6) is 11.6 Å². The molecule has 1 N–H and O–H groups in total. The maximum Gasteiger partial charge on any atom is 0.256 e. The van der Waals surface area contributed by atoms with Crippen LogP contribution in [0.2, 0.25) is 0 Å². The molecule has 1 heterocycles. The number of nitrogens with zero attached hydrogens (tertiary/aromatic N) is 1. The Morgan fingerprint density at radius 3 is 2.46 bits per heavy atom. The average molecular weight is 387 g/mol. The summed E-state index contributed by atoms with van der Waals surface area (Å²) in [7, 11) is 2.13. The predicted molar refractivity (Wildman–Crippen MR) is 106 cm³/mol. The Hall–Kier alpha value is -1.18. The predicted octanol–water partition coefficient (Wildman–Crippen LogP) is 3.12. The Morgan fingerprint density at radius 2 is 1.92 bits per heavy atom. The number of pyridine rings is 1. The molecule has 1 rings (SSSR count). The lowest BCUT2D eigenvalue weighted by Gasteiger charge is -2.27. The van der Waals surface area contributed by atoms with E-state index in [1.807, 2.05) is 26.8 Å². The SMILES string of the molecule is COCCCOc1cc(C[C@H](N[S@](=O)C(C)(C)C)C(C)C)cnc1OC. The van der Waals surface area contributed by atoms with Crippen LogP contribution in [0, 0.1) is 5.92 Å². The van der Waals surface area contributed by atoms with Gasteiger partial charge in [0.1, 0.15) is 0 Å². The quantitative estimate of drug-likeness (QED) is 0.592. The normalized spacial score (nSPS) is 14.3. The molecule has 1 aromatic heterocycles. The first-order valence-corrected chi connectivity index (χ1v) is 10.2. The van der Waals surface area contributed by atoms with Crippen molar-refractivity contribution in [1.82, 2.24) is 9.71 Å². The number of hydrogen-bond donors (Lipinski definition) is 1. The van der Waals surface area contributed by atoms with E-state index < -0.39 is 11.0 Å². The van der Waals surface area contributed by atoms with Crippen molar-refractivity contribution >= 4 is 11.0 Å². The third-order valence-electron chi connectivity index (χ3n) is 3.89. The second kappa shape index (κ2) is 10.8. The van der Waals surface area contributed by atoms with Gasteiger partial charge in [-0.15, -0.1) is 0 Å². The number of hydrogen-bond acceptors (Lipinski definition) is 5. The van der Waals surface area contributed by atoms with Crippen LogP contribution in [0.3, 0.4) is 0 Å². The van der Waals surface area contributed by atoms with E-state index in [1.165, 1.54) is 0 Å². The molecule has 0 unspecified atom stereocenters. The van der Waals surface area contributed by atoms with Crippen LogP contribution in [0.4, 0.5) is 0 Å². The molecule has 0 aliphatic heterocycles. The van der Waals surface area contributed by atoms with E-state index in [0.717, 1.165) is 12.0 Å². The molecule has 7 heteroatoms. The largest absolute Gasteiger partial charge is 0.488 e. The third-order valence-corrected chi connectivity index (χ3v) is 5.52. The summed E-state index contributed by atoms with van der Waals surface area (Å²) in [6, 6.07) is 2.03. The zero-order valence-corrected chi connectivity index (χ0v) is 17.9. The van der Waals surface area contributed by atoms with Gasteiger partial charge in [0.05, 0.1) is 29.4 Å². The molecule has 0 saturated heterocycles. The summed E-state index contributed by atoms with van der Waals surface area (Å²) in [6.07, 6.45) is 3.30. The smallest absolute Gasteiger partial charge is 0.256 e. The van der Waals surface area contributed by atoms with Gasteiger partial charge < -0.3 is 14.2 Å². The minimum absolute atomic E-state index is 0.0756. The van der Waals surface area contributed by atoms with Crippen LogP contribution < -0.4 is 14.2 Å². The average Bonchev–Trinajstić information content (AvgIpc) is 2.57. The number of methoxy groups -OCH3 is 2. The lowest BCUT2D eigenvalue weighted by atomic mass is 9.98. The molecule has 0 bridgehead atoms. The van der Waals surface area contributed by atoms with Crippen molar-refractivity contribution in [2.24, 2.45) is 5.92 Å². The summed E-state index contributed by atoms with van der Waals surface area (Å²) in [5.41, 5.74) is 1.02. The first-order valence-electron chi connectivity index (χ1n) is 9.01. The molecule has 0 aliphatic carbocycles. The topological polar surface area (TPSA) is 69.7 Å². The highest BCUT2D eigenvalue weighted by molar-refractivity contribution is 7.84. The molecule has 150 valence electrons. The van der Waals surface area contributed by atoms with Gasteiger partial charge in [-0.3, -0.25) is 0 Å². The van der Waals surface area contributed by atoms with Crippen LogP contribution in [-0.4, -0.2) is 47.4 Å². The van der Waals surface area contributed by atoms with E-state index in [-0.39, 0.29) is 10.8 Å². The molecular formula is C19H34N2O4S. The van der Waals surface area contributed by atoms with Gasteiger partial charge in [0.2, 0.25) is 0 Å². The van der Waals surface area contributed by atoms with Crippen molar-refractivity contribution in [1.29, 1.82) is 0 Å². The Kier molecular flexibility index (Phi) is 9.54. The Labute approximate surface area is 160 Å². The second-order valence-electron chi connectivity index (χ2n) is 7.60. The van der Waals surface area contributed by atoms with E-state index >= 15 is 0 Å². The number of rotatable bonds is 11. The molecule has 0 amide bonds. The van der Waals surface area contributed by atoms with Gasteiger partial charge in [0, 0.05) is 32.4 Å². The second-order valence-corrected chi connectivity index (χ2v) is 9.60. The maximum atomic E-state index is 12.5. The van der Waals surface area contributed by atoms with Crippen LogP contribution in [0.1, 0.15) is 46.6 Å². The van der Waals surface area contributed by atoms with Crippen LogP contribution >= 0.6 is 0 Å². The minimum Gasteiger partial charge on any atom is -0.488 e. The van der Waals surface area contributed by atoms with Crippen molar-refractivity contribution in [3.05, 3.63) is 17.8 Å². The maximum absolute atomic E-state index is 12.5. The van der Waals surface area contributed by atoms with Gasteiger partial charge in [-0.2, -0.15) is 0 Å². The van der Waals surface area contributed by atoms with Crippen LogP contribution in [-0.2, 0) is 22.1 Å². The molecule has 0 aliphatic rings. The number of aromatic nitrogens is 1. The first-order chi connectivity index (χ1) is 12.2. The van der Waals surface area contributed by atoms with Crippen LogP contribution in [0.15, 0.2) is 12.3 Å². The summed E-state index contributed by atoms with van der Waals surface area (Å²) in [6.45, 7) is 11.3. The highest BCUT2D eigenvalue weighted by Gasteiger charge is 2.25. The fraction of sp³-hybridized carbons (Fsp3) is 0.737. The molecule has 1 aromatic rings. The molecule has 6 nitrogen and oxygen atoms in total. The van der Waals surface area contributed by atoms with Gasteiger partial charge in [0.25, 0.3) is 5.88 Å². The van der Waals surface area contributed by atoms with Crippen molar-refractivity contribution < 1.29 is 18.4 Å². The fourth-order valence-corrected chi connectivity index (χ4v) is 3.19. The summed E-state index contributed by atoms with van der Waals surface area (Å²) in [4.78, 5) is 4.35. The molecule has 2 atom stereocenters. The molecular weight excluding hydrogens is 352 g/mol. The lowest BCUT2D eigenvalue weighted by molar-refractivity contribution is 0.170. The van der Waals surface area contributed by atoms with E-state index in [1.54, 1.807) is 20.4 Å². The highest BCUT2D eigenvalue weighted by atomic mass is 32.2. The minimum atomic E-state index is -1.12. The van der Waals surface area contributed by atoms with E-state index in [9.17, 15) is 4.21 Å². The first kappa shape index (κ1) is 22.9. The van der Waals surface area contributed by atoms with Gasteiger partial charge in [-0.1, -0.05) is 13.8 Å². The zero-order valence-electron chi connectivity index (χ0n) is 17.1. The van der Waals surface area contributed by atoms with Gasteiger partial charge in [-0.05, 0) is 44.7 Å². The Bertz CT molecular complexity index is 573. The number of ether oxygens (including phenoxy) is 3. The lowest BCUT2D eigenvalue weighted by Crippen LogP contribution is -2.43. The monoisotopic (exact) mass is 386 g/mol. The van der Waals surface area contributed by atoms with E-state index in [4.69, 9.17) is 14.2 Å². The van der Waals surface area contributed by atoms with E-state index in [2.05, 4.69) is 23.6 Å². The van der Waals surface area contributed by atoms with Crippen molar-refractivity contribution in [3.63, 3.8) is 0 Å². The molecule has 0 fully saturated rings. The molecule has 0 spiro atoms. The molecule has 0 radical (unpaired) electrons. The standard InChI is InChI=1S/C19H34N2O4S/c1-14(2)16(21-26(22)19(3,4)5)11-15-12-17(18(24-7)20-13-15)25-10-8-9-23-6/h12-14,16,21H,8-11H2,1-7H3/t16-,26+/m0/s1. The number of nitrogens with one attached hydrogen (secondary N) is 1. The zero-order chi connectivity index (χ0) is 19.7. The highest BCUT2D eigenvalue weighted by Crippen LogP contribution is 2.26. The summed E-state index contributed by atoms with van der Waals surface area (Å²) in [5, 5.41) is 0. The molecule has 0 saturated carbocycles. The van der Waals surface area contributed by atoms with E-state index in [0.29, 0.717) is 37.2 Å².